The van der Waals surface area contributed by atoms with Gasteiger partial charge < -0.3 is 5.11 Å². The fraction of sp³-hybridized carbons (Fsp3) is 0. The molecule has 0 atom stereocenters. The van der Waals surface area contributed by atoms with Gasteiger partial charge in [-0.3, -0.25) is 10.1 Å². The van der Waals surface area contributed by atoms with Crippen LogP contribution >= 0.6 is 11.3 Å². The van der Waals surface area contributed by atoms with E-state index in [1.54, 1.807) is 30.3 Å². The maximum atomic E-state index is 10.7. The Morgan fingerprint density at radius 3 is 2.62 bits per heavy atom. The lowest BCUT2D eigenvalue weighted by atomic mass is 10.2. The molecule has 104 valence electrons. The molecule has 1 aromatic heterocycles. The molecule has 0 saturated carbocycles. The van der Waals surface area contributed by atoms with E-state index in [4.69, 9.17) is 0 Å². The first-order valence-electron chi connectivity index (χ1n) is 6.14. The molecule has 6 heteroatoms. The van der Waals surface area contributed by atoms with Gasteiger partial charge in [-0.05, 0) is 29.8 Å². The Hall–Kier alpha value is -2.73. The summed E-state index contributed by atoms with van der Waals surface area (Å²) in [5, 5.41) is 20.7. The number of non-ortho nitro benzene ring substituents is 1. The predicted molar refractivity (Wildman–Crippen MR) is 83.3 cm³/mol. The molecule has 0 unspecified atom stereocenters. The summed E-state index contributed by atoms with van der Waals surface area (Å²) in [5.41, 5.74) is 1.76. The minimum absolute atomic E-state index is 0.0696. The van der Waals surface area contributed by atoms with Crippen LogP contribution in [-0.4, -0.2) is 15.0 Å². The zero-order valence-electron chi connectivity index (χ0n) is 10.8. The normalized spacial score (nSPS) is 11.2. The van der Waals surface area contributed by atoms with Crippen molar-refractivity contribution in [3.8, 4) is 5.75 Å². The predicted octanol–water partition coefficient (Wildman–Crippen LogP) is 4.08. The van der Waals surface area contributed by atoms with E-state index < -0.39 is 4.92 Å². The molecule has 3 rings (SSSR count). The van der Waals surface area contributed by atoms with Gasteiger partial charge in [0.2, 0.25) is 0 Å². The van der Waals surface area contributed by atoms with Crippen LogP contribution in [0.25, 0.3) is 22.4 Å². The number of aromatic nitrogens is 1. The molecule has 3 aromatic rings. The zero-order chi connectivity index (χ0) is 14.8. The molecule has 0 fully saturated rings. The van der Waals surface area contributed by atoms with E-state index in [9.17, 15) is 15.2 Å². The number of aromatic hydroxyl groups is 1. The molecule has 0 aliphatic heterocycles. The molecule has 0 spiro atoms. The molecule has 0 radical (unpaired) electrons. The van der Waals surface area contributed by atoms with Crippen LogP contribution in [0.2, 0.25) is 0 Å². The smallest absolute Gasteiger partial charge is 0.270 e. The number of nitro benzene ring substituents is 1. The van der Waals surface area contributed by atoms with Gasteiger partial charge in [-0.15, -0.1) is 11.3 Å². The Labute approximate surface area is 124 Å². The van der Waals surface area contributed by atoms with Crippen LogP contribution in [0.15, 0.2) is 42.5 Å². The lowest BCUT2D eigenvalue weighted by molar-refractivity contribution is -0.384. The van der Waals surface area contributed by atoms with Crippen LogP contribution in [0.5, 0.6) is 5.75 Å². The van der Waals surface area contributed by atoms with Crippen molar-refractivity contribution >= 4 is 39.4 Å². The quantitative estimate of drug-likeness (QED) is 0.584. The number of hydrogen-bond donors (Lipinski definition) is 1. The maximum absolute atomic E-state index is 10.7. The molecule has 0 aliphatic rings. The number of phenols is 1. The standard InChI is InChI=1S/C15H10N2O3S/c18-12-5-1-10(2-6-12)3-8-15-16-13-7-4-11(17(19)20)9-14(13)21-15/h1-9,18H/b8-3+. The molecule has 1 N–H and O–H groups in total. The van der Waals surface area contributed by atoms with E-state index in [-0.39, 0.29) is 11.4 Å². The Kier molecular flexibility index (Phi) is 3.37. The summed E-state index contributed by atoms with van der Waals surface area (Å²) in [7, 11) is 0. The van der Waals surface area contributed by atoms with E-state index in [0.29, 0.717) is 0 Å². The van der Waals surface area contributed by atoms with Gasteiger partial charge in [0.05, 0.1) is 15.1 Å². The second-order valence-corrected chi connectivity index (χ2v) is 5.45. The van der Waals surface area contributed by atoms with Gasteiger partial charge in [-0.25, -0.2) is 4.98 Å². The van der Waals surface area contributed by atoms with Gasteiger partial charge >= 0.3 is 0 Å². The summed E-state index contributed by atoms with van der Waals surface area (Å²) in [6, 6.07) is 11.5. The maximum Gasteiger partial charge on any atom is 0.270 e. The average molecular weight is 298 g/mol. The summed E-state index contributed by atoms with van der Waals surface area (Å²) in [6.45, 7) is 0. The number of phenolic OH excluding ortho intramolecular Hbond substituents is 1. The number of nitrogens with zero attached hydrogens (tertiary/aromatic N) is 2. The summed E-state index contributed by atoms with van der Waals surface area (Å²) >= 11 is 1.40. The Morgan fingerprint density at radius 1 is 1.14 bits per heavy atom. The Balaban J connectivity index is 1.90. The highest BCUT2D eigenvalue weighted by molar-refractivity contribution is 7.19. The van der Waals surface area contributed by atoms with Gasteiger partial charge in [0.25, 0.3) is 5.69 Å². The van der Waals surface area contributed by atoms with E-state index in [1.807, 2.05) is 12.2 Å². The van der Waals surface area contributed by atoms with E-state index in [2.05, 4.69) is 4.98 Å². The van der Waals surface area contributed by atoms with Crippen LogP contribution in [0.1, 0.15) is 10.6 Å². The van der Waals surface area contributed by atoms with E-state index >= 15 is 0 Å². The summed E-state index contributed by atoms with van der Waals surface area (Å²) < 4.78 is 0.787. The second-order valence-electron chi connectivity index (χ2n) is 4.39. The zero-order valence-corrected chi connectivity index (χ0v) is 11.6. The first-order chi connectivity index (χ1) is 10.1. The van der Waals surface area contributed by atoms with Gasteiger partial charge in [-0.2, -0.15) is 0 Å². The molecule has 0 bridgehead atoms. The van der Waals surface area contributed by atoms with Gasteiger partial charge in [0, 0.05) is 12.1 Å². The third kappa shape index (κ3) is 2.90. The average Bonchev–Trinajstić information content (AvgIpc) is 2.88. The van der Waals surface area contributed by atoms with Gasteiger partial charge in [0.1, 0.15) is 10.8 Å². The molecule has 21 heavy (non-hydrogen) atoms. The van der Waals surface area contributed by atoms with Crippen LogP contribution in [-0.2, 0) is 0 Å². The summed E-state index contributed by atoms with van der Waals surface area (Å²) in [5.74, 6) is 0.222. The van der Waals surface area contributed by atoms with Crippen molar-refractivity contribution in [2.45, 2.75) is 0 Å². The largest absolute Gasteiger partial charge is 0.508 e. The fourth-order valence-corrected chi connectivity index (χ4v) is 2.77. The molecule has 5 nitrogen and oxygen atoms in total. The van der Waals surface area contributed by atoms with Crippen molar-refractivity contribution in [2.24, 2.45) is 0 Å². The SMILES string of the molecule is O=[N+]([O-])c1ccc2nc(/C=C/c3ccc(O)cc3)sc2c1. The molecule has 2 aromatic carbocycles. The molecule has 0 saturated heterocycles. The van der Waals surface area contributed by atoms with Crippen molar-refractivity contribution < 1.29 is 10.0 Å². The fourth-order valence-electron chi connectivity index (χ4n) is 1.87. The van der Waals surface area contributed by atoms with Crippen LogP contribution < -0.4 is 0 Å². The monoisotopic (exact) mass is 298 g/mol. The third-order valence-corrected chi connectivity index (χ3v) is 3.89. The van der Waals surface area contributed by atoms with Crippen LogP contribution in [0, 0.1) is 10.1 Å². The van der Waals surface area contributed by atoms with Crippen molar-refractivity contribution in [3.05, 3.63) is 63.1 Å². The van der Waals surface area contributed by atoms with E-state index in [0.717, 1.165) is 20.8 Å². The van der Waals surface area contributed by atoms with Crippen molar-refractivity contribution in [2.75, 3.05) is 0 Å². The van der Waals surface area contributed by atoms with Crippen LogP contribution in [0.3, 0.4) is 0 Å². The minimum atomic E-state index is -0.412. The summed E-state index contributed by atoms with van der Waals surface area (Å²) in [4.78, 5) is 14.7. The lowest BCUT2D eigenvalue weighted by Crippen LogP contribution is -1.85. The molecule has 0 aliphatic carbocycles. The molecule has 1 heterocycles. The number of thiazole rings is 1. The molecule has 0 amide bonds. The number of benzene rings is 2. The minimum Gasteiger partial charge on any atom is -0.508 e. The number of rotatable bonds is 3. The topological polar surface area (TPSA) is 76.3 Å². The van der Waals surface area contributed by atoms with Crippen molar-refractivity contribution in [1.29, 1.82) is 0 Å². The van der Waals surface area contributed by atoms with Gasteiger partial charge in [0.15, 0.2) is 0 Å². The number of fused-ring (bicyclic) bond motifs is 1. The van der Waals surface area contributed by atoms with Crippen molar-refractivity contribution in [3.63, 3.8) is 0 Å². The highest BCUT2D eigenvalue weighted by Gasteiger charge is 2.09. The lowest BCUT2D eigenvalue weighted by Gasteiger charge is -1.92. The van der Waals surface area contributed by atoms with Crippen molar-refractivity contribution in [1.82, 2.24) is 4.98 Å². The summed E-state index contributed by atoms with van der Waals surface area (Å²) in [6.07, 6.45) is 3.73. The Morgan fingerprint density at radius 2 is 1.90 bits per heavy atom. The highest BCUT2D eigenvalue weighted by Crippen LogP contribution is 2.27. The number of hydrogen-bond acceptors (Lipinski definition) is 5. The van der Waals surface area contributed by atoms with E-state index in [1.165, 1.54) is 23.5 Å². The molecular weight excluding hydrogens is 288 g/mol. The highest BCUT2D eigenvalue weighted by atomic mass is 32.1. The van der Waals surface area contributed by atoms with Gasteiger partial charge in [-0.1, -0.05) is 18.2 Å². The first-order valence-corrected chi connectivity index (χ1v) is 6.95. The first kappa shape index (κ1) is 13.3. The third-order valence-electron chi connectivity index (χ3n) is 2.91. The van der Waals surface area contributed by atoms with Crippen LogP contribution in [0.4, 0.5) is 5.69 Å². The molecular formula is C15H10N2O3S. The number of nitro groups is 1. The Bertz CT molecular complexity index is 838. The second kappa shape index (κ2) is 5.34.